The van der Waals surface area contributed by atoms with Crippen molar-refractivity contribution in [2.45, 2.75) is 6.54 Å². The maximum atomic E-state index is 5.14. The number of nitrogens with one attached hydrogen (secondary N) is 1. The van der Waals surface area contributed by atoms with Crippen LogP contribution in [0, 0.1) is 0 Å². The molecule has 0 aromatic carbocycles. The van der Waals surface area contributed by atoms with Crippen LogP contribution >= 0.6 is 27.3 Å². The molecule has 0 aliphatic carbocycles. The second kappa shape index (κ2) is 5.32. The highest BCUT2D eigenvalue weighted by molar-refractivity contribution is 9.10. The predicted octanol–water partition coefficient (Wildman–Crippen LogP) is 3.53. The molecule has 84 valence electrons. The van der Waals surface area contributed by atoms with E-state index in [4.69, 9.17) is 4.74 Å². The maximum absolute atomic E-state index is 5.14. The average molecular weight is 299 g/mol. The van der Waals surface area contributed by atoms with Gasteiger partial charge in [0.1, 0.15) is 0 Å². The van der Waals surface area contributed by atoms with E-state index >= 15 is 0 Å². The van der Waals surface area contributed by atoms with Gasteiger partial charge in [0.2, 0.25) is 0 Å². The van der Waals surface area contributed by atoms with E-state index < -0.39 is 0 Å². The van der Waals surface area contributed by atoms with Crippen molar-refractivity contribution in [2.24, 2.45) is 0 Å². The molecule has 16 heavy (non-hydrogen) atoms. The van der Waals surface area contributed by atoms with E-state index in [2.05, 4.69) is 32.3 Å². The van der Waals surface area contributed by atoms with Crippen LogP contribution in [0.1, 0.15) is 4.88 Å². The second-order valence-electron chi connectivity index (χ2n) is 3.17. The number of hydrogen-bond donors (Lipinski definition) is 1. The number of ether oxygens (including phenoxy) is 1. The van der Waals surface area contributed by atoms with Crippen LogP contribution in [0.4, 0.5) is 5.69 Å². The zero-order chi connectivity index (χ0) is 11.4. The van der Waals surface area contributed by atoms with Gasteiger partial charge in [-0.1, -0.05) is 0 Å². The molecule has 0 bridgehead atoms. The molecule has 5 heteroatoms. The molecule has 0 aliphatic heterocycles. The van der Waals surface area contributed by atoms with Crippen LogP contribution in [-0.2, 0) is 6.54 Å². The number of rotatable bonds is 4. The smallest absolute Gasteiger partial charge is 0.173 e. The van der Waals surface area contributed by atoms with E-state index in [1.165, 1.54) is 4.88 Å². The van der Waals surface area contributed by atoms with Crippen molar-refractivity contribution in [1.82, 2.24) is 4.98 Å². The Morgan fingerprint density at radius 3 is 3.00 bits per heavy atom. The molecule has 0 amide bonds. The Morgan fingerprint density at radius 1 is 1.44 bits per heavy atom. The van der Waals surface area contributed by atoms with Crippen LogP contribution in [0.15, 0.2) is 35.1 Å². The number of pyridine rings is 1. The number of halogens is 1. The topological polar surface area (TPSA) is 34.1 Å². The van der Waals surface area contributed by atoms with Gasteiger partial charge in [0, 0.05) is 22.1 Å². The lowest BCUT2D eigenvalue weighted by atomic mass is 10.4. The Balaban J connectivity index is 1.96. The van der Waals surface area contributed by atoms with E-state index in [0.717, 1.165) is 21.8 Å². The largest absolute Gasteiger partial charge is 0.487 e. The van der Waals surface area contributed by atoms with Gasteiger partial charge in [0.25, 0.3) is 0 Å². The minimum Gasteiger partial charge on any atom is -0.487 e. The van der Waals surface area contributed by atoms with Crippen LogP contribution in [0.5, 0.6) is 5.06 Å². The van der Waals surface area contributed by atoms with Crippen LogP contribution < -0.4 is 10.1 Å². The molecule has 0 spiro atoms. The Morgan fingerprint density at radius 2 is 2.31 bits per heavy atom. The van der Waals surface area contributed by atoms with Gasteiger partial charge in [-0.15, -0.1) is 11.3 Å². The van der Waals surface area contributed by atoms with Gasteiger partial charge in [-0.3, -0.25) is 4.98 Å². The van der Waals surface area contributed by atoms with Crippen molar-refractivity contribution in [3.05, 3.63) is 39.9 Å². The summed E-state index contributed by atoms with van der Waals surface area (Å²) in [5.41, 5.74) is 1.00. The van der Waals surface area contributed by atoms with E-state index in [0.29, 0.717) is 0 Å². The fourth-order valence-electron chi connectivity index (χ4n) is 1.26. The third-order valence-corrected chi connectivity index (χ3v) is 3.49. The molecule has 0 atom stereocenters. The summed E-state index contributed by atoms with van der Waals surface area (Å²) in [6.45, 7) is 0.784. The molecule has 2 aromatic heterocycles. The minimum atomic E-state index is 0.784. The van der Waals surface area contributed by atoms with Gasteiger partial charge in [-0.2, -0.15) is 0 Å². The molecular weight excluding hydrogens is 288 g/mol. The highest BCUT2D eigenvalue weighted by Crippen LogP contribution is 2.24. The Kier molecular flexibility index (Phi) is 3.79. The summed E-state index contributed by atoms with van der Waals surface area (Å²) in [6.07, 6.45) is 3.56. The number of methoxy groups -OCH3 is 1. The molecule has 0 fully saturated rings. The Hall–Kier alpha value is -1.07. The summed E-state index contributed by atoms with van der Waals surface area (Å²) in [5.74, 6) is 0. The van der Waals surface area contributed by atoms with Gasteiger partial charge < -0.3 is 10.1 Å². The average Bonchev–Trinajstić information content (AvgIpc) is 2.74. The van der Waals surface area contributed by atoms with E-state index in [-0.39, 0.29) is 0 Å². The summed E-state index contributed by atoms with van der Waals surface area (Å²) >= 11 is 5.02. The summed E-state index contributed by atoms with van der Waals surface area (Å²) in [7, 11) is 1.68. The van der Waals surface area contributed by atoms with Crippen molar-refractivity contribution in [3.63, 3.8) is 0 Å². The first-order valence-electron chi connectivity index (χ1n) is 4.75. The molecule has 3 nitrogen and oxygen atoms in total. The number of nitrogens with zero attached hydrogens (tertiary/aromatic N) is 1. The van der Waals surface area contributed by atoms with E-state index in [9.17, 15) is 0 Å². The summed E-state index contributed by atoms with van der Waals surface area (Å²) < 4.78 is 6.11. The summed E-state index contributed by atoms with van der Waals surface area (Å²) in [6, 6.07) is 6.03. The Bertz CT molecular complexity index is 473. The first-order valence-corrected chi connectivity index (χ1v) is 6.36. The molecular formula is C11H11BrN2OS. The normalized spacial score (nSPS) is 10.1. The molecule has 2 aromatic rings. The summed E-state index contributed by atoms with van der Waals surface area (Å²) in [5, 5.41) is 4.24. The molecule has 0 saturated carbocycles. The third-order valence-electron chi connectivity index (χ3n) is 2.01. The fourth-order valence-corrected chi connectivity index (χ4v) is 2.38. The molecule has 1 N–H and O–H groups in total. The second-order valence-corrected chi connectivity index (χ2v) is 5.22. The lowest BCUT2D eigenvalue weighted by molar-refractivity contribution is 0.427. The molecule has 0 saturated heterocycles. The van der Waals surface area contributed by atoms with Gasteiger partial charge in [-0.05, 0) is 34.1 Å². The highest BCUT2D eigenvalue weighted by Gasteiger charge is 2.00. The van der Waals surface area contributed by atoms with Gasteiger partial charge in [-0.25, -0.2) is 0 Å². The third kappa shape index (κ3) is 2.96. The van der Waals surface area contributed by atoms with E-state index in [1.807, 2.05) is 12.1 Å². The molecule has 0 radical (unpaired) electrons. The first-order chi connectivity index (χ1) is 7.78. The van der Waals surface area contributed by atoms with Crippen molar-refractivity contribution in [2.75, 3.05) is 12.4 Å². The molecule has 0 unspecified atom stereocenters. The number of anilines is 1. The maximum Gasteiger partial charge on any atom is 0.173 e. The monoisotopic (exact) mass is 298 g/mol. The van der Waals surface area contributed by atoms with Crippen LogP contribution in [0.3, 0.4) is 0 Å². The number of thiophene rings is 1. The predicted molar refractivity (Wildman–Crippen MR) is 70.1 cm³/mol. The van der Waals surface area contributed by atoms with Gasteiger partial charge in [0.05, 0.1) is 19.0 Å². The standard InChI is InChI=1S/C11H11BrN2OS/c1-15-11-3-2-10(16-11)7-14-9-4-8(12)5-13-6-9/h2-6,14H,7H2,1H3. The lowest BCUT2D eigenvalue weighted by Crippen LogP contribution is -1.97. The lowest BCUT2D eigenvalue weighted by Gasteiger charge is -2.03. The van der Waals surface area contributed by atoms with Crippen LogP contribution in [0.2, 0.25) is 0 Å². The zero-order valence-corrected chi connectivity index (χ0v) is 11.1. The quantitative estimate of drug-likeness (QED) is 0.938. The fraction of sp³-hybridized carbons (Fsp3) is 0.182. The van der Waals surface area contributed by atoms with Crippen molar-refractivity contribution < 1.29 is 4.74 Å². The van der Waals surface area contributed by atoms with Gasteiger partial charge in [0.15, 0.2) is 5.06 Å². The van der Waals surface area contributed by atoms with E-state index in [1.54, 1.807) is 30.8 Å². The van der Waals surface area contributed by atoms with Crippen molar-refractivity contribution in [3.8, 4) is 5.06 Å². The SMILES string of the molecule is COc1ccc(CNc2cncc(Br)c2)s1. The molecule has 2 heterocycles. The zero-order valence-electron chi connectivity index (χ0n) is 8.74. The first kappa shape index (κ1) is 11.4. The Labute approximate surface area is 107 Å². The molecule has 2 rings (SSSR count). The van der Waals surface area contributed by atoms with Crippen molar-refractivity contribution in [1.29, 1.82) is 0 Å². The van der Waals surface area contributed by atoms with Crippen LogP contribution in [-0.4, -0.2) is 12.1 Å². The van der Waals surface area contributed by atoms with Gasteiger partial charge >= 0.3 is 0 Å². The molecule has 0 aliphatic rings. The number of aromatic nitrogens is 1. The summed E-state index contributed by atoms with van der Waals surface area (Å²) in [4.78, 5) is 5.32. The van der Waals surface area contributed by atoms with Crippen LogP contribution in [0.25, 0.3) is 0 Å². The highest BCUT2D eigenvalue weighted by atomic mass is 79.9. The number of hydrogen-bond acceptors (Lipinski definition) is 4. The van der Waals surface area contributed by atoms with Crippen molar-refractivity contribution >= 4 is 33.0 Å². The minimum absolute atomic E-state index is 0.784.